The zero-order chi connectivity index (χ0) is 23.4. The molecule has 3 aromatic carbocycles. The van der Waals surface area contributed by atoms with Crippen LogP contribution in [0.5, 0.6) is 5.75 Å². The largest absolute Gasteiger partial charge is 0.494 e. The van der Waals surface area contributed by atoms with Gasteiger partial charge in [0.2, 0.25) is 0 Å². The molecule has 4 rings (SSSR count). The molecular weight excluding hydrogens is 441 g/mol. The van der Waals surface area contributed by atoms with Gasteiger partial charge in [0.25, 0.3) is 5.91 Å². The molecule has 0 bridgehead atoms. The molecule has 0 aliphatic rings. The van der Waals surface area contributed by atoms with Crippen LogP contribution in [0, 0.1) is 12.7 Å². The summed E-state index contributed by atoms with van der Waals surface area (Å²) in [6.07, 6.45) is 0.881. The van der Waals surface area contributed by atoms with Crippen molar-refractivity contribution in [1.82, 2.24) is 20.3 Å². The van der Waals surface area contributed by atoms with Crippen molar-refractivity contribution < 1.29 is 13.9 Å². The number of fused-ring (bicyclic) bond motifs is 1. The topological polar surface area (TPSA) is 81.1 Å². The number of carbonyl (C=O) groups excluding carboxylic acids is 1. The maximum absolute atomic E-state index is 13.2. The van der Waals surface area contributed by atoms with Crippen molar-refractivity contribution in [2.24, 2.45) is 0 Å². The van der Waals surface area contributed by atoms with Crippen LogP contribution in [0.1, 0.15) is 29.3 Å². The molecule has 0 fully saturated rings. The summed E-state index contributed by atoms with van der Waals surface area (Å²) in [6, 6.07) is 16.5. The number of thiocarbonyl (C=S) groups is 1. The van der Waals surface area contributed by atoms with Gasteiger partial charge in [-0.3, -0.25) is 10.1 Å². The Labute approximate surface area is 195 Å². The molecule has 1 aromatic heterocycles. The van der Waals surface area contributed by atoms with Gasteiger partial charge < -0.3 is 10.1 Å². The SMILES string of the molecule is CCCOc1cccc(C(=O)NC(=S)Nc2cc3nn(-c4ccc(F)cc4)nc3cc2C)c1. The molecule has 0 saturated carbocycles. The number of nitrogens with zero attached hydrogens (tertiary/aromatic N) is 3. The van der Waals surface area contributed by atoms with Gasteiger partial charge in [-0.15, -0.1) is 10.2 Å². The third-order valence-electron chi connectivity index (χ3n) is 4.83. The first-order valence-electron chi connectivity index (χ1n) is 10.4. The fraction of sp³-hybridized carbons (Fsp3) is 0.167. The molecule has 7 nitrogen and oxygen atoms in total. The molecule has 0 aliphatic heterocycles. The average molecular weight is 464 g/mol. The molecule has 1 amide bonds. The number of benzene rings is 3. The predicted molar refractivity (Wildman–Crippen MR) is 129 cm³/mol. The minimum atomic E-state index is -0.338. The van der Waals surface area contributed by atoms with Crippen LogP contribution in [0.15, 0.2) is 60.7 Å². The molecular formula is C24H22FN5O2S. The molecule has 0 radical (unpaired) electrons. The molecule has 1 heterocycles. The summed E-state index contributed by atoms with van der Waals surface area (Å²) < 4.78 is 18.8. The van der Waals surface area contributed by atoms with Gasteiger partial charge >= 0.3 is 0 Å². The predicted octanol–water partition coefficient (Wildman–Crippen LogP) is 4.78. The summed E-state index contributed by atoms with van der Waals surface area (Å²) in [6.45, 7) is 4.50. The number of hydrogen-bond donors (Lipinski definition) is 2. The fourth-order valence-corrected chi connectivity index (χ4v) is 3.37. The van der Waals surface area contributed by atoms with E-state index in [-0.39, 0.29) is 16.8 Å². The highest BCUT2D eigenvalue weighted by atomic mass is 32.1. The lowest BCUT2D eigenvalue weighted by Gasteiger charge is -2.12. The van der Waals surface area contributed by atoms with E-state index >= 15 is 0 Å². The van der Waals surface area contributed by atoms with Gasteiger partial charge in [-0.05, 0) is 85.7 Å². The summed E-state index contributed by atoms with van der Waals surface area (Å²) >= 11 is 5.34. The van der Waals surface area contributed by atoms with Gasteiger partial charge in [0.1, 0.15) is 22.6 Å². The number of hydrogen-bond acceptors (Lipinski definition) is 5. The number of carbonyl (C=O) groups is 1. The third-order valence-corrected chi connectivity index (χ3v) is 5.03. The monoisotopic (exact) mass is 463 g/mol. The lowest BCUT2D eigenvalue weighted by molar-refractivity contribution is 0.0977. The molecule has 0 spiro atoms. The number of rotatable bonds is 6. The minimum absolute atomic E-state index is 0.160. The van der Waals surface area contributed by atoms with Crippen molar-refractivity contribution >= 4 is 40.0 Å². The van der Waals surface area contributed by atoms with Crippen molar-refractivity contribution in [3.8, 4) is 11.4 Å². The second-order valence-electron chi connectivity index (χ2n) is 7.41. The maximum Gasteiger partial charge on any atom is 0.257 e. The van der Waals surface area contributed by atoms with E-state index in [1.165, 1.54) is 16.9 Å². The van der Waals surface area contributed by atoms with Crippen molar-refractivity contribution in [2.45, 2.75) is 20.3 Å². The quantitative estimate of drug-likeness (QED) is 0.401. The number of nitrogens with one attached hydrogen (secondary N) is 2. The highest BCUT2D eigenvalue weighted by Crippen LogP contribution is 2.22. The molecule has 0 saturated heterocycles. The van der Waals surface area contributed by atoms with Crippen LogP contribution in [0.4, 0.5) is 10.1 Å². The zero-order valence-electron chi connectivity index (χ0n) is 18.1. The van der Waals surface area contributed by atoms with Crippen LogP contribution >= 0.6 is 12.2 Å². The normalized spacial score (nSPS) is 10.8. The van der Waals surface area contributed by atoms with Crippen LogP contribution < -0.4 is 15.4 Å². The van der Waals surface area contributed by atoms with Gasteiger partial charge in [0.15, 0.2) is 5.11 Å². The van der Waals surface area contributed by atoms with Crippen LogP contribution in [0.25, 0.3) is 16.7 Å². The lowest BCUT2D eigenvalue weighted by atomic mass is 10.2. The Morgan fingerprint density at radius 3 is 2.55 bits per heavy atom. The molecule has 0 aliphatic carbocycles. The number of halogens is 1. The Bertz CT molecular complexity index is 1320. The van der Waals surface area contributed by atoms with E-state index in [1.807, 2.05) is 19.9 Å². The zero-order valence-corrected chi connectivity index (χ0v) is 18.9. The average Bonchev–Trinajstić information content (AvgIpc) is 3.21. The molecule has 0 atom stereocenters. The van der Waals surface area contributed by atoms with Crippen molar-refractivity contribution in [2.75, 3.05) is 11.9 Å². The molecule has 168 valence electrons. The van der Waals surface area contributed by atoms with E-state index in [9.17, 15) is 9.18 Å². The number of ether oxygens (including phenoxy) is 1. The Kier molecular flexibility index (Phi) is 6.60. The van der Waals surface area contributed by atoms with E-state index in [1.54, 1.807) is 42.5 Å². The van der Waals surface area contributed by atoms with E-state index in [0.717, 1.165) is 12.0 Å². The second-order valence-corrected chi connectivity index (χ2v) is 7.81. The Morgan fingerprint density at radius 2 is 1.82 bits per heavy atom. The van der Waals surface area contributed by atoms with E-state index in [2.05, 4.69) is 20.8 Å². The van der Waals surface area contributed by atoms with Gasteiger partial charge in [0.05, 0.1) is 12.3 Å². The summed E-state index contributed by atoms with van der Waals surface area (Å²) in [5.74, 6) is -0.0297. The highest BCUT2D eigenvalue weighted by Gasteiger charge is 2.12. The van der Waals surface area contributed by atoms with Crippen LogP contribution in [0.2, 0.25) is 0 Å². The first-order valence-corrected chi connectivity index (χ1v) is 10.8. The second kappa shape index (κ2) is 9.74. The van der Waals surface area contributed by atoms with Crippen molar-refractivity contribution in [3.05, 3.63) is 77.6 Å². The summed E-state index contributed by atoms with van der Waals surface area (Å²) in [7, 11) is 0. The molecule has 9 heteroatoms. The fourth-order valence-electron chi connectivity index (χ4n) is 3.17. The first-order chi connectivity index (χ1) is 15.9. The number of aromatic nitrogens is 3. The standard InChI is InChI=1S/C24H22FN5O2S/c1-3-11-32-19-6-4-5-16(13-19)23(31)27-24(33)26-20-14-22-21(12-15(20)2)28-30(29-22)18-9-7-17(25)8-10-18/h4-10,12-14H,3,11H2,1-2H3,(H2,26,27,31,33). The van der Waals surface area contributed by atoms with E-state index < -0.39 is 0 Å². The summed E-state index contributed by atoms with van der Waals surface area (Å²) in [4.78, 5) is 14.1. The number of aryl methyl sites for hydroxylation is 1. The molecule has 4 aromatic rings. The van der Waals surface area contributed by atoms with Crippen LogP contribution in [-0.2, 0) is 0 Å². The summed E-state index contributed by atoms with van der Waals surface area (Å²) in [5, 5.41) is 14.8. The molecule has 33 heavy (non-hydrogen) atoms. The molecule has 2 N–H and O–H groups in total. The first kappa shape index (κ1) is 22.3. The highest BCUT2D eigenvalue weighted by molar-refractivity contribution is 7.80. The van der Waals surface area contributed by atoms with E-state index in [0.29, 0.717) is 40.3 Å². The Balaban J connectivity index is 1.47. The lowest BCUT2D eigenvalue weighted by Crippen LogP contribution is -2.34. The smallest absolute Gasteiger partial charge is 0.257 e. The number of anilines is 1. The number of amides is 1. The summed E-state index contributed by atoms with van der Waals surface area (Å²) in [5.41, 5.74) is 3.97. The van der Waals surface area contributed by atoms with Gasteiger partial charge in [-0.25, -0.2) is 4.39 Å². The van der Waals surface area contributed by atoms with Gasteiger partial charge in [-0.1, -0.05) is 13.0 Å². The maximum atomic E-state index is 13.2. The van der Waals surface area contributed by atoms with Crippen LogP contribution in [0.3, 0.4) is 0 Å². The van der Waals surface area contributed by atoms with E-state index in [4.69, 9.17) is 17.0 Å². The molecule has 0 unspecified atom stereocenters. The van der Waals surface area contributed by atoms with Crippen LogP contribution in [-0.4, -0.2) is 32.6 Å². The third kappa shape index (κ3) is 5.32. The van der Waals surface area contributed by atoms with Gasteiger partial charge in [0, 0.05) is 11.3 Å². The Hall–Kier alpha value is -3.85. The minimum Gasteiger partial charge on any atom is -0.494 e. The van der Waals surface area contributed by atoms with Crippen molar-refractivity contribution in [3.63, 3.8) is 0 Å². The van der Waals surface area contributed by atoms with Gasteiger partial charge in [-0.2, -0.15) is 4.80 Å². The Morgan fingerprint density at radius 1 is 1.09 bits per heavy atom. The van der Waals surface area contributed by atoms with Crippen molar-refractivity contribution in [1.29, 1.82) is 0 Å².